The van der Waals surface area contributed by atoms with Crippen LogP contribution in [0.4, 0.5) is 0 Å². The number of hydrogen-bond acceptors (Lipinski definition) is 3. The summed E-state index contributed by atoms with van der Waals surface area (Å²) in [7, 11) is 1.07. The van der Waals surface area contributed by atoms with Crippen LogP contribution >= 0.6 is 22.3 Å². The fraction of sp³-hybridized carbons (Fsp3) is 0.125. The van der Waals surface area contributed by atoms with Crippen molar-refractivity contribution in [2.45, 2.75) is 11.8 Å². The quantitative estimate of drug-likeness (QED) is 0.836. The van der Waals surface area contributed by atoms with E-state index in [0.29, 0.717) is 5.56 Å². The Balaban J connectivity index is 3.63. The van der Waals surface area contributed by atoms with Gasteiger partial charge in [0, 0.05) is 10.7 Å². The number of carbonyl (C=O) groups is 1. The van der Waals surface area contributed by atoms with Crippen molar-refractivity contribution in [3.63, 3.8) is 0 Å². The lowest BCUT2D eigenvalue weighted by atomic mass is 10.1. The van der Waals surface area contributed by atoms with Crippen LogP contribution in [-0.2, 0) is 9.05 Å². The predicted molar refractivity (Wildman–Crippen MR) is 56.2 cm³/mol. The fourth-order valence-corrected chi connectivity index (χ4v) is 2.70. The molecule has 0 unspecified atom stereocenters. The van der Waals surface area contributed by atoms with Crippen LogP contribution in [0.1, 0.15) is 15.9 Å². The van der Waals surface area contributed by atoms with Gasteiger partial charge in [0.1, 0.15) is 4.90 Å². The molecular formula is C8H6Cl2O4S. The monoisotopic (exact) mass is 268 g/mol. The van der Waals surface area contributed by atoms with Crippen LogP contribution in [0.2, 0.25) is 5.02 Å². The van der Waals surface area contributed by atoms with Gasteiger partial charge < -0.3 is 5.11 Å². The van der Waals surface area contributed by atoms with E-state index in [4.69, 9.17) is 27.4 Å². The summed E-state index contributed by atoms with van der Waals surface area (Å²) in [6.45, 7) is 1.55. The van der Waals surface area contributed by atoms with E-state index in [-0.39, 0.29) is 15.5 Å². The molecule has 0 fully saturated rings. The highest BCUT2D eigenvalue weighted by Crippen LogP contribution is 2.29. The van der Waals surface area contributed by atoms with Crippen LogP contribution in [0.15, 0.2) is 17.0 Å². The first-order chi connectivity index (χ1) is 6.73. The van der Waals surface area contributed by atoms with E-state index in [0.717, 1.165) is 0 Å². The number of benzene rings is 1. The molecule has 4 nitrogen and oxygen atoms in total. The number of aromatic carboxylic acids is 1. The summed E-state index contributed by atoms with van der Waals surface area (Å²) in [6.07, 6.45) is 0. The molecule has 0 aliphatic carbocycles. The average Bonchev–Trinajstić information content (AvgIpc) is 2.06. The summed E-state index contributed by atoms with van der Waals surface area (Å²) in [5.74, 6) is -1.30. The van der Waals surface area contributed by atoms with Crippen molar-refractivity contribution < 1.29 is 18.3 Å². The molecule has 0 saturated carbocycles. The second kappa shape index (κ2) is 4.00. The number of carboxylic acid groups (broad SMARTS) is 1. The van der Waals surface area contributed by atoms with Gasteiger partial charge in [-0.15, -0.1) is 0 Å². The van der Waals surface area contributed by atoms with E-state index in [1.807, 2.05) is 0 Å². The van der Waals surface area contributed by atoms with Crippen molar-refractivity contribution >= 4 is 37.3 Å². The molecule has 0 saturated heterocycles. The van der Waals surface area contributed by atoms with Crippen molar-refractivity contribution in [2.24, 2.45) is 0 Å². The highest BCUT2D eigenvalue weighted by molar-refractivity contribution is 8.13. The van der Waals surface area contributed by atoms with Gasteiger partial charge in [0.2, 0.25) is 0 Å². The minimum Gasteiger partial charge on any atom is -0.478 e. The van der Waals surface area contributed by atoms with Crippen molar-refractivity contribution in [3.05, 3.63) is 28.3 Å². The molecule has 1 N–H and O–H groups in total. The molecule has 0 aromatic heterocycles. The Bertz CT molecular complexity index is 522. The van der Waals surface area contributed by atoms with Crippen LogP contribution in [0.5, 0.6) is 0 Å². The molecule has 0 spiro atoms. The highest BCUT2D eigenvalue weighted by Gasteiger charge is 2.21. The number of halogens is 2. The SMILES string of the molecule is Cc1cc(C(=O)O)c(Cl)c(S(=O)(=O)Cl)c1. The number of carboxylic acids is 1. The minimum absolute atomic E-state index is 0.282. The lowest BCUT2D eigenvalue weighted by molar-refractivity contribution is 0.0696. The number of hydrogen-bond donors (Lipinski definition) is 1. The van der Waals surface area contributed by atoms with Gasteiger partial charge >= 0.3 is 5.97 Å². The lowest BCUT2D eigenvalue weighted by Gasteiger charge is -2.05. The molecule has 0 aliphatic rings. The molecule has 0 aliphatic heterocycles. The second-order valence-corrected chi connectivity index (χ2v) is 5.78. The molecule has 7 heteroatoms. The van der Waals surface area contributed by atoms with Crippen molar-refractivity contribution in [2.75, 3.05) is 0 Å². The summed E-state index contributed by atoms with van der Waals surface area (Å²) in [4.78, 5) is 10.3. The Hall–Kier alpha value is -0.780. The second-order valence-electron chi connectivity index (χ2n) is 2.87. The van der Waals surface area contributed by atoms with Crippen molar-refractivity contribution in [1.29, 1.82) is 0 Å². The zero-order valence-electron chi connectivity index (χ0n) is 7.49. The summed E-state index contributed by atoms with van der Waals surface area (Å²) in [6, 6.07) is 2.49. The summed E-state index contributed by atoms with van der Waals surface area (Å²) < 4.78 is 22.1. The van der Waals surface area contributed by atoms with Gasteiger partial charge in [-0.05, 0) is 24.6 Å². The standard InChI is InChI=1S/C8H6Cl2O4S/c1-4-2-5(8(11)12)7(9)6(3-4)15(10,13)14/h2-3H,1H3,(H,11,12). The molecule has 0 radical (unpaired) electrons. The van der Waals surface area contributed by atoms with E-state index in [1.54, 1.807) is 6.92 Å². The van der Waals surface area contributed by atoms with Gasteiger partial charge in [-0.25, -0.2) is 13.2 Å². The third kappa shape index (κ3) is 2.62. The van der Waals surface area contributed by atoms with Gasteiger partial charge in [-0.3, -0.25) is 0 Å². The van der Waals surface area contributed by atoms with Gasteiger partial charge in [-0.1, -0.05) is 11.6 Å². The third-order valence-corrected chi connectivity index (χ3v) is 3.54. The first kappa shape index (κ1) is 12.3. The van der Waals surface area contributed by atoms with Gasteiger partial charge in [0.15, 0.2) is 0 Å². The Labute approximate surface area is 95.9 Å². The van der Waals surface area contributed by atoms with Gasteiger partial charge in [0.25, 0.3) is 9.05 Å². The Morgan fingerprint density at radius 3 is 2.33 bits per heavy atom. The fourth-order valence-electron chi connectivity index (χ4n) is 1.07. The molecule has 1 aromatic carbocycles. The lowest BCUT2D eigenvalue weighted by Crippen LogP contribution is -2.03. The zero-order valence-corrected chi connectivity index (χ0v) is 9.82. The van der Waals surface area contributed by atoms with E-state index in [1.165, 1.54) is 12.1 Å². The molecule has 0 atom stereocenters. The summed E-state index contributed by atoms with van der Waals surface area (Å²) >= 11 is 5.62. The average molecular weight is 269 g/mol. The van der Waals surface area contributed by atoms with Crippen molar-refractivity contribution in [3.8, 4) is 0 Å². The largest absolute Gasteiger partial charge is 0.478 e. The first-order valence-corrected chi connectivity index (χ1v) is 6.40. The molecule has 1 aromatic rings. The number of aryl methyl sites for hydroxylation is 1. The maximum Gasteiger partial charge on any atom is 0.337 e. The molecule has 0 amide bonds. The van der Waals surface area contributed by atoms with Crippen LogP contribution in [-0.4, -0.2) is 19.5 Å². The molecule has 15 heavy (non-hydrogen) atoms. The molecule has 0 bridgehead atoms. The molecule has 1 rings (SSSR count). The normalized spacial score (nSPS) is 11.4. The highest BCUT2D eigenvalue weighted by atomic mass is 35.7. The smallest absolute Gasteiger partial charge is 0.337 e. The van der Waals surface area contributed by atoms with Crippen LogP contribution in [0.25, 0.3) is 0 Å². The number of rotatable bonds is 2. The maximum absolute atomic E-state index is 11.1. The predicted octanol–water partition coefficient (Wildman–Crippen LogP) is 2.27. The Kier molecular flexibility index (Phi) is 3.28. The van der Waals surface area contributed by atoms with E-state index < -0.39 is 15.0 Å². The van der Waals surface area contributed by atoms with Crippen LogP contribution in [0.3, 0.4) is 0 Å². The van der Waals surface area contributed by atoms with E-state index in [9.17, 15) is 13.2 Å². The topological polar surface area (TPSA) is 71.4 Å². The van der Waals surface area contributed by atoms with Gasteiger partial charge in [-0.2, -0.15) is 0 Å². The molecule has 0 heterocycles. The van der Waals surface area contributed by atoms with Crippen LogP contribution < -0.4 is 0 Å². The van der Waals surface area contributed by atoms with Crippen LogP contribution in [0, 0.1) is 6.92 Å². The van der Waals surface area contributed by atoms with Crippen molar-refractivity contribution in [1.82, 2.24) is 0 Å². The van der Waals surface area contributed by atoms with E-state index in [2.05, 4.69) is 0 Å². The van der Waals surface area contributed by atoms with E-state index >= 15 is 0 Å². The third-order valence-electron chi connectivity index (χ3n) is 1.68. The summed E-state index contributed by atoms with van der Waals surface area (Å²) in [5, 5.41) is 8.39. The van der Waals surface area contributed by atoms with Gasteiger partial charge in [0.05, 0.1) is 10.6 Å². The molecule has 82 valence electrons. The first-order valence-electron chi connectivity index (χ1n) is 3.71. The Morgan fingerprint density at radius 1 is 1.40 bits per heavy atom. The minimum atomic E-state index is -4.04. The Morgan fingerprint density at radius 2 is 1.93 bits per heavy atom. The zero-order chi connectivity index (χ0) is 11.8. The maximum atomic E-state index is 11.1. The molecular weight excluding hydrogens is 263 g/mol. The summed E-state index contributed by atoms with van der Waals surface area (Å²) in [5.41, 5.74) is 0.173.